The van der Waals surface area contributed by atoms with E-state index in [4.69, 9.17) is 9.15 Å². The Labute approximate surface area is 173 Å². The third-order valence-corrected chi connectivity index (χ3v) is 5.24. The summed E-state index contributed by atoms with van der Waals surface area (Å²) in [6.45, 7) is 2.97. The first-order valence-corrected chi connectivity index (χ1v) is 9.73. The molecule has 1 amide bonds. The summed E-state index contributed by atoms with van der Waals surface area (Å²) in [6.07, 6.45) is 0. The molecule has 0 N–H and O–H groups in total. The number of furan rings is 1. The summed E-state index contributed by atoms with van der Waals surface area (Å²) in [4.78, 5) is 16.7. The standard InChI is InChI=1S/C23H22F2N2O3/c1-29-20-7-6-19(25)14-17(20)15-26-10-12-27(13-11-26)23(28)22-9-8-21(30-22)16-2-4-18(24)5-3-16/h2-9,14H,10-13,15H2,1H3. The van der Waals surface area contributed by atoms with E-state index in [1.807, 2.05) is 0 Å². The van der Waals surface area contributed by atoms with Gasteiger partial charge < -0.3 is 14.1 Å². The van der Waals surface area contributed by atoms with Crippen LogP contribution in [0.3, 0.4) is 0 Å². The number of rotatable bonds is 5. The van der Waals surface area contributed by atoms with E-state index in [1.165, 1.54) is 24.3 Å². The SMILES string of the molecule is COc1ccc(F)cc1CN1CCN(C(=O)c2ccc(-c3ccc(F)cc3)o2)CC1. The van der Waals surface area contributed by atoms with Gasteiger partial charge in [-0.25, -0.2) is 8.78 Å². The number of carbonyl (C=O) groups excluding carboxylic acids is 1. The minimum Gasteiger partial charge on any atom is -0.496 e. The van der Waals surface area contributed by atoms with Crippen LogP contribution >= 0.6 is 0 Å². The molecule has 0 radical (unpaired) electrons. The smallest absolute Gasteiger partial charge is 0.289 e. The van der Waals surface area contributed by atoms with Crippen molar-refractivity contribution in [2.24, 2.45) is 0 Å². The number of methoxy groups -OCH3 is 1. The number of piperazine rings is 1. The summed E-state index contributed by atoms with van der Waals surface area (Å²) in [5.74, 6) is 0.639. The number of benzene rings is 2. The van der Waals surface area contributed by atoms with E-state index in [-0.39, 0.29) is 23.3 Å². The van der Waals surface area contributed by atoms with E-state index in [0.29, 0.717) is 49.8 Å². The lowest BCUT2D eigenvalue weighted by molar-refractivity contribution is 0.0597. The molecule has 0 saturated carbocycles. The third kappa shape index (κ3) is 4.36. The Morgan fingerprint density at radius 1 is 0.967 bits per heavy atom. The molecule has 1 aliphatic heterocycles. The van der Waals surface area contributed by atoms with Crippen LogP contribution in [0.25, 0.3) is 11.3 Å². The highest BCUT2D eigenvalue weighted by Crippen LogP contribution is 2.24. The number of nitrogens with zero attached hydrogens (tertiary/aromatic N) is 2. The predicted molar refractivity (Wildman–Crippen MR) is 108 cm³/mol. The van der Waals surface area contributed by atoms with Crippen molar-refractivity contribution in [1.82, 2.24) is 9.80 Å². The molecule has 7 heteroatoms. The fourth-order valence-electron chi connectivity index (χ4n) is 3.60. The van der Waals surface area contributed by atoms with Gasteiger partial charge >= 0.3 is 0 Å². The Balaban J connectivity index is 1.37. The highest BCUT2D eigenvalue weighted by atomic mass is 19.1. The summed E-state index contributed by atoms with van der Waals surface area (Å²) in [7, 11) is 1.57. The zero-order chi connectivity index (χ0) is 21.1. The molecule has 0 atom stereocenters. The molecular weight excluding hydrogens is 390 g/mol. The quantitative estimate of drug-likeness (QED) is 0.631. The average Bonchev–Trinajstić information content (AvgIpc) is 3.25. The average molecular weight is 412 g/mol. The van der Waals surface area contributed by atoms with Crippen LogP contribution in [0.4, 0.5) is 8.78 Å². The molecule has 1 aromatic heterocycles. The van der Waals surface area contributed by atoms with Gasteiger partial charge in [-0.15, -0.1) is 0 Å². The van der Waals surface area contributed by atoms with Gasteiger partial charge in [0.05, 0.1) is 7.11 Å². The molecule has 2 heterocycles. The highest BCUT2D eigenvalue weighted by Gasteiger charge is 2.25. The molecule has 0 spiro atoms. The van der Waals surface area contributed by atoms with Gasteiger partial charge in [0.1, 0.15) is 23.1 Å². The second kappa shape index (κ2) is 8.67. The van der Waals surface area contributed by atoms with Crippen LogP contribution in [0, 0.1) is 11.6 Å². The van der Waals surface area contributed by atoms with Crippen molar-refractivity contribution in [2.75, 3.05) is 33.3 Å². The maximum atomic E-state index is 13.6. The van der Waals surface area contributed by atoms with Crippen LogP contribution in [0.5, 0.6) is 5.75 Å². The van der Waals surface area contributed by atoms with Crippen LogP contribution in [0.1, 0.15) is 16.1 Å². The van der Waals surface area contributed by atoms with Crippen LogP contribution in [0.15, 0.2) is 59.0 Å². The minimum absolute atomic E-state index is 0.175. The number of carbonyl (C=O) groups is 1. The zero-order valence-electron chi connectivity index (χ0n) is 16.6. The first-order valence-electron chi connectivity index (χ1n) is 9.73. The number of hydrogen-bond donors (Lipinski definition) is 0. The molecule has 0 bridgehead atoms. The summed E-state index contributed by atoms with van der Waals surface area (Å²) in [5, 5.41) is 0. The molecule has 2 aromatic carbocycles. The molecule has 0 unspecified atom stereocenters. The maximum absolute atomic E-state index is 13.6. The number of amides is 1. The summed E-state index contributed by atoms with van der Waals surface area (Å²) in [6, 6.07) is 13.8. The van der Waals surface area contributed by atoms with Crippen molar-refractivity contribution in [2.45, 2.75) is 6.54 Å². The topological polar surface area (TPSA) is 45.9 Å². The monoisotopic (exact) mass is 412 g/mol. The predicted octanol–water partition coefficient (Wildman–Crippen LogP) is 4.19. The van der Waals surface area contributed by atoms with Crippen molar-refractivity contribution in [3.05, 3.63) is 77.6 Å². The zero-order valence-corrected chi connectivity index (χ0v) is 16.6. The Hall–Kier alpha value is -3.19. The van der Waals surface area contributed by atoms with Gasteiger partial charge in [-0.1, -0.05) is 0 Å². The lowest BCUT2D eigenvalue weighted by Crippen LogP contribution is -2.48. The second-order valence-corrected chi connectivity index (χ2v) is 7.20. The van der Waals surface area contributed by atoms with Crippen molar-refractivity contribution in [1.29, 1.82) is 0 Å². The lowest BCUT2D eigenvalue weighted by Gasteiger charge is -2.34. The molecule has 30 heavy (non-hydrogen) atoms. The van der Waals surface area contributed by atoms with Gasteiger partial charge in [0.2, 0.25) is 0 Å². The number of halogens is 2. The Morgan fingerprint density at radius 3 is 2.37 bits per heavy atom. The second-order valence-electron chi connectivity index (χ2n) is 7.20. The van der Waals surface area contributed by atoms with Crippen molar-refractivity contribution >= 4 is 5.91 Å². The molecule has 3 aromatic rings. The Kier molecular flexibility index (Phi) is 5.81. The van der Waals surface area contributed by atoms with Crippen LogP contribution in [0.2, 0.25) is 0 Å². The van der Waals surface area contributed by atoms with Gasteiger partial charge in [-0.3, -0.25) is 9.69 Å². The largest absolute Gasteiger partial charge is 0.496 e. The summed E-state index contributed by atoms with van der Waals surface area (Å²) < 4.78 is 37.7. The van der Waals surface area contributed by atoms with Crippen LogP contribution < -0.4 is 4.74 Å². The highest BCUT2D eigenvalue weighted by molar-refractivity contribution is 5.92. The molecule has 5 nitrogen and oxygen atoms in total. The van der Waals surface area contributed by atoms with Crippen LogP contribution in [-0.4, -0.2) is 49.0 Å². The Bertz CT molecular complexity index is 1030. The fourth-order valence-corrected chi connectivity index (χ4v) is 3.60. The van der Waals surface area contributed by atoms with E-state index in [2.05, 4.69) is 4.90 Å². The Morgan fingerprint density at radius 2 is 1.67 bits per heavy atom. The molecule has 1 aliphatic rings. The minimum atomic E-state index is -0.324. The summed E-state index contributed by atoms with van der Waals surface area (Å²) >= 11 is 0. The molecule has 156 valence electrons. The fraction of sp³-hybridized carbons (Fsp3) is 0.261. The molecule has 0 aliphatic carbocycles. The molecular formula is C23H22F2N2O3. The van der Waals surface area contributed by atoms with Gasteiger partial charge in [-0.2, -0.15) is 0 Å². The van der Waals surface area contributed by atoms with Gasteiger partial charge in [0, 0.05) is 43.9 Å². The van der Waals surface area contributed by atoms with E-state index in [0.717, 1.165) is 5.56 Å². The first-order chi connectivity index (χ1) is 14.5. The van der Waals surface area contributed by atoms with Crippen molar-refractivity contribution in [3.63, 3.8) is 0 Å². The van der Waals surface area contributed by atoms with E-state index >= 15 is 0 Å². The van der Waals surface area contributed by atoms with Gasteiger partial charge in [-0.05, 0) is 54.6 Å². The molecule has 1 fully saturated rings. The third-order valence-electron chi connectivity index (χ3n) is 5.24. The van der Waals surface area contributed by atoms with Gasteiger partial charge in [0.25, 0.3) is 5.91 Å². The van der Waals surface area contributed by atoms with Crippen LogP contribution in [-0.2, 0) is 6.54 Å². The van der Waals surface area contributed by atoms with Gasteiger partial charge in [0.15, 0.2) is 5.76 Å². The van der Waals surface area contributed by atoms with Crippen molar-refractivity contribution < 1.29 is 22.7 Å². The van der Waals surface area contributed by atoms with E-state index in [9.17, 15) is 13.6 Å². The van der Waals surface area contributed by atoms with Crippen molar-refractivity contribution in [3.8, 4) is 17.1 Å². The summed E-state index contributed by atoms with van der Waals surface area (Å²) in [5.41, 5.74) is 1.50. The lowest BCUT2D eigenvalue weighted by atomic mass is 10.1. The number of hydrogen-bond acceptors (Lipinski definition) is 4. The normalized spacial score (nSPS) is 14.7. The first kappa shape index (κ1) is 20.1. The molecule has 1 saturated heterocycles. The number of ether oxygens (including phenoxy) is 1. The van der Waals surface area contributed by atoms with E-state index < -0.39 is 0 Å². The van der Waals surface area contributed by atoms with E-state index in [1.54, 1.807) is 42.3 Å². The molecule has 4 rings (SSSR count). The maximum Gasteiger partial charge on any atom is 0.289 e.